The minimum absolute atomic E-state index is 0.0912. The van der Waals surface area contributed by atoms with Crippen molar-refractivity contribution >= 4 is 17.5 Å². The average Bonchev–Trinajstić information content (AvgIpc) is 3.03. The van der Waals surface area contributed by atoms with E-state index in [2.05, 4.69) is 20.6 Å². The van der Waals surface area contributed by atoms with Crippen LogP contribution < -0.4 is 10.6 Å². The molecule has 0 radical (unpaired) electrons. The van der Waals surface area contributed by atoms with Crippen LogP contribution >= 0.6 is 0 Å². The fraction of sp³-hybridized carbons (Fsp3) is 0.0667. The topological polar surface area (TPSA) is 63.0 Å². The number of hydrogen-bond acceptors (Lipinski definition) is 5. The van der Waals surface area contributed by atoms with Gasteiger partial charge in [0.1, 0.15) is 28.9 Å². The molecule has 0 amide bonds. The molecule has 1 aromatic carbocycles. The molecule has 22 heavy (non-hydrogen) atoms. The van der Waals surface area contributed by atoms with Crippen molar-refractivity contribution in [3.63, 3.8) is 0 Å². The third-order valence-corrected chi connectivity index (χ3v) is 2.88. The molecular formula is C15H12F2N4O. The quantitative estimate of drug-likeness (QED) is 0.752. The van der Waals surface area contributed by atoms with Crippen molar-refractivity contribution in [3.8, 4) is 0 Å². The molecule has 2 aromatic heterocycles. The summed E-state index contributed by atoms with van der Waals surface area (Å²) in [6.45, 7) is 0.442. The summed E-state index contributed by atoms with van der Waals surface area (Å²) in [7, 11) is 0. The van der Waals surface area contributed by atoms with Crippen LogP contribution in [0.4, 0.5) is 26.2 Å². The summed E-state index contributed by atoms with van der Waals surface area (Å²) in [5, 5.41) is 5.57. The van der Waals surface area contributed by atoms with Gasteiger partial charge in [-0.15, -0.1) is 0 Å². The van der Waals surface area contributed by atoms with Crippen LogP contribution in [-0.2, 0) is 6.54 Å². The summed E-state index contributed by atoms with van der Waals surface area (Å²) < 4.78 is 32.4. The maximum atomic E-state index is 13.6. The smallest absolute Gasteiger partial charge is 0.229 e. The average molecular weight is 302 g/mol. The van der Waals surface area contributed by atoms with Crippen molar-refractivity contribution < 1.29 is 13.2 Å². The summed E-state index contributed by atoms with van der Waals surface area (Å²) in [5.74, 6) is -0.0811. The van der Waals surface area contributed by atoms with E-state index in [1.807, 2.05) is 6.07 Å². The van der Waals surface area contributed by atoms with E-state index >= 15 is 0 Å². The number of rotatable bonds is 5. The lowest BCUT2D eigenvalue weighted by molar-refractivity contribution is 0.518. The number of nitrogens with one attached hydrogen (secondary N) is 2. The van der Waals surface area contributed by atoms with Crippen molar-refractivity contribution in [2.75, 3.05) is 10.6 Å². The minimum Gasteiger partial charge on any atom is -0.467 e. The SMILES string of the molecule is Fc1cccc(F)c1Nc1nccc(NCc2ccco2)n1. The van der Waals surface area contributed by atoms with Gasteiger partial charge < -0.3 is 15.1 Å². The Labute approximate surface area is 125 Å². The third-order valence-electron chi connectivity index (χ3n) is 2.88. The number of aromatic nitrogens is 2. The molecule has 5 nitrogen and oxygen atoms in total. The van der Waals surface area contributed by atoms with Crippen LogP contribution in [0.1, 0.15) is 5.76 Å². The van der Waals surface area contributed by atoms with E-state index in [1.165, 1.54) is 12.3 Å². The molecule has 2 N–H and O–H groups in total. The number of anilines is 3. The highest BCUT2D eigenvalue weighted by Gasteiger charge is 2.10. The van der Waals surface area contributed by atoms with E-state index in [9.17, 15) is 8.78 Å². The number of para-hydroxylation sites is 1. The third kappa shape index (κ3) is 3.20. The van der Waals surface area contributed by atoms with Crippen molar-refractivity contribution in [3.05, 3.63) is 66.3 Å². The first-order valence-electron chi connectivity index (χ1n) is 6.53. The largest absolute Gasteiger partial charge is 0.467 e. The number of nitrogens with zero attached hydrogens (tertiary/aromatic N) is 2. The zero-order valence-corrected chi connectivity index (χ0v) is 11.4. The molecule has 0 fully saturated rings. The van der Waals surface area contributed by atoms with Crippen molar-refractivity contribution in [1.82, 2.24) is 9.97 Å². The fourth-order valence-corrected chi connectivity index (χ4v) is 1.84. The second-order valence-electron chi connectivity index (χ2n) is 4.42. The molecule has 0 aliphatic heterocycles. The Kier molecular flexibility index (Phi) is 3.95. The predicted octanol–water partition coefficient (Wildman–Crippen LogP) is 3.70. The van der Waals surface area contributed by atoms with Gasteiger partial charge in [-0.05, 0) is 30.3 Å². The van der Waals surface area contributed by atoms with E-state index in [1.54, 1.807) is 18.4 Å². The predicted molar refractivity (Wildman–Crippen MR) is 77.7 cm³/mol. The molecule has 2 heterocycles. The lowest BCUT2D eigenvalue weighted by atomic mass is 10.3. The maximum absolute atomic E-state index is 13.6. The Bertz CT molecular complexity index is 742. The van der Waals surface area contributed by atoms with Gasteiger partial charge in [-0.25, -0.2) is 13.8 Å². The van der Waals surface area contributed by atoms with Crippen LogP contribution in [0.2, 0.25) is 0 Å². The van der Waals surface area contributed by atoms with E-state index in [0.29, 0.717) is 12.4 Å². The normalized spacial score (nSPS) is 10.5. The molecule has 0 spiro atoms. The van der Waals surface area contributed by atoms with E-state index in [0.717, 1.165) is 17.9 Å². The van der Waals surface area contributed by atoms with Crippen LogP contribution in [0.5, 0.6) is 0 Å². The van der Waals surface area contributed by atoms with Gasteiger partial charge in [0.25, 0.3) is 0 Å². The standard InChI is InChI=1S/C15H12F2N4O/c16-11-4-1-5-12(17)14(11)21-15-18-7-6-13(20-15)19-9-10-3-2-8-22-10/h1-8H,9H2,(H2,18,19,20,21). The monoisotopic (exact) mass is 302 g/mol. The molecule has 0 atom stereocenters. The molecule has 0 saturated heterocycles. The summed E-state index contributed by atoms with van der Waals surface area (Å²) in [4.78, 5) is 8.08. The molecule has 0 unspecified atom stereocenters. The molecule has 0 aliphatic rings. The highest BCUT2D eigenvalue weighted by Crippen LogP contribution is 2.21. The molecule has 0 saturated carbocycles. The summed E-state index contributed by atoms with van der Waals surface area (Å²) in [5.41, 5.74) is -0.286. The van der Waals surface area contributed by atoms with E-state index < -0.39 is 11.6 Å². The molecule has 0 bridgehead atoms. The number of halogens is 2. The maximum Gasteiger partial charge on any atom is 0.229 e. The van der Waals surface area contributed by atoms with Gasteiger partial charge in [0.05, 0.1) is 12.8 Å². The van der Waals surface area contributed by atoms with Crippen LogP contribution in [0.25, 0.3) is 0 Å². The van der Waals surface area contributed by atoms with Crippen LogP contribution in [0.15, 0.2) is 53.3 Å². The Morgan fingerprint density at radius 2 is 1.86 bits per heavy atom. The van der Waals surface area contributed by atoms with Gasteiger partial charge in [0.2, 0.25) is 5.95 Å². The molecule has 7 heteroatoms. The Balaban J connectivity index is 1.73. The Morgan fingerprint density at radius 3 is 2.59 bits per heavy atom. The zero-order chi connectivity index (χ0) is 15.4. The zero-order valence-electron chi connectivity index (χ0n) is 11.4. The summed E-state index contributed by atoms with van der Waals surface area (Å²) in [6, 6.07) is 8.85. The van der Waals surface area contributed by atoms with Gasteiger partial charge in [0, 0.05) is 6.20 Å². The molecule has 3 aromatic rings. The second kappa shape index (κ2) is 6.21. The Morgan fingerprint density at radius 1 is 1.05 bits per heavy atom. The summed E-state index contributed by atoms with van der Waals surface area (Å²) in [6.07, 6.45) is 3.06. The first-order valence-corrected chi connectivity index (χ1v) is 6.53. The van der Waals surface area contributed by atoms with Gasteiger partial charge in [-0.3, -0.25) is 0 Å². The van der Waals surface area contributed by atoms with Crippen molar-refractivity contribution in [2.24, 2.45) is 0 Å². The van der Waals surface area contributed by atoms with Gasteiger partial charge in [-0.2, -0.15) is 4.98 Å². The first kappa shape index (κ1) is 14.0. The van der Waals surface area contributed by atoms with E-state index in [4.69, 9.17) is 4.42 Å². The summed E-state index contributed by atoms with van der Waals surface area (Å²) >= 11 is 0. The molecule has 0 aliphatic carbocycles. The van der Waals surface area contributed by atoms with Gasteiger partial charge in [-0.1, -0.05) is 6.07 Å². The van der Waals surface area contributed by atoms with Gasteiger partial charge in [0.15, 0.2) is 0 Å². The highest BCUT2D eigenvalue weighted by molar-refractivity contribution is 5.56. The molecule has 3 rings (SSSR count). The minimum atomic E-state index is -0.711. The highest BCUT2D eigenvalue weighted by atomic mass is 19.1. The number of benzene rings is 1. The Hall–Kier alpha value is -2.96. The van der Waals surface area contributed by atoms with Crippen LogP contribution in [0, 0.1) is 11.6 Å². The van der Waals surface area contributed by atoms with Crippen molar-refractivity contribution in [1.29, 1.82) is 0 Å². The lowest BCUT2D eigenvalue weighted by Gasteiger charge is -2.09. The number of furan rings is 1. The lowest BCUT2D eigenvalue weighted by Crippen LogP contribution is -2.05. The molecular weight excluding hydrogens is 290 g/mol. The van der Waals surface area contributed by atoms with E-state index in [-0.39, 0.29) is 11.6 Å². The van der Waals surface area contributed by atoms with Crippen LogP contribution in [0.3, 0.4) is 0 Å². The first-order chi connectivity index (χ1) is 10.7. The van der Waals surface area contributed by atoms with Gasteiger partial charge >= 0.3 is 0 Å². The number of hydrogen-bond donors (Lipinski definition) is 2. The fourth-order valence-electron chi connectivity index (χ4n) is 1.84. The molecule has 112 valence electrons. The van der Waals surface area contributed by atoms with Crippen LogP contribution in [-0.4, -0.2) is 9.97 Å². The second-order valence-corrected chi connectivity index (χ2v) is 4.42. The van der Waals surface area contributed by atoms with Crippen molar-refractivity contribution in [2.45, 2.75) is 6.54 Å².